The van der Waals surface area contributed by atoms with Gasteiger partial charge in [0.25, 0.3) is 5.91 Å². The minimum Gasteiger partial charge on any atom is -0.503 e. The number of carbonyl (C=O) groups excluding carboxylic acids is 1. The number of ether oxygens (including phenoxy) is 1. The van der Waals surface area contributed by atoms with Crippen LogP contribution >= 0.6 is 0 Å². The molecule has 0 aliphatic heterocycles. The smallest absolute Gasteiger partial charge is 0.254 e. The number of phenols is 1. The molecule has 2 N–H and O–H groups in total. The van der Waals surface area contributed by atoms with Gasteiger partial charge in [0, 0.05) is 6.04 Å². The summed E-state index contributed by atoms with van der Waals surface area (Å²) in [6, 6.07) is 7.55. The number of hydrogen-bond acceptors (Lipinski definition) is 3. The average molecular weight is 333 g/mol. The molecule has 24 heavy (non-hydrogen) atoms. The third-order valence-electron chi connectivity index (χ3n) is 4.29. The number of methoxy groups -OCH3 is 1. The molecule has 0 spiro atoms. The molecule has 0 fully saturated rings. The molecule has 1 atom stereocenters. The van der Waals surface area contributed by atoms with Crippen molar-refractivity contribution in [2.45, 2.75) is 25.3 Å². The summed E-state index contributed by atoms with van der Waals surface area (Å²) in [5.41, 5.74) is 1.91. The number of phenolic OH excluding ortho intramolecular Hbond substituents is 1. The van der Waals surface area contributed by atoms with Crippen LogP contribution in [0.5, 0.6) is 11.5 Å². The summed E-state index contributed by atoms with van der Waals surface area (Å²) in [6.07, 6.45) is 2.11. The molecule has 1 unspecified atom stereocenters. The molecule has 3 rings (SSSR count). The highest BCUT2D eigenvalue weighted by molar-refractivity contribution is 5.95. The molecule has 1 aliphatic rings. The Morgan fingerprint density at radius 3 is 2.79 bits per heavy atom. The summed E-state index contributed by atoms with van der Waals surface area (Å²) < 4.78 is 32.1. The number of rotatable bonds is 3. The van der Waals surface area contributed by atoms with Crippen LogP contribution < -0.4 is 10.1 Å². The fourth-order valence-corrected chi connectivity index (χ4v) is 2.96. The lowest BCUT2D eigenvalue weighted by Crippen LogP contribution is -2.39. The Morgan fingerprint density at radius 2 is 2.04 bits per heavy atom. The standard InChI is InChI=1S/C18H17F2NO3/c1-24-13-5-3-10-8-12(4-2-11(10)9-13)21-18(23)14-6-7-15(19)17(22)16(14)20/h3,5-7,9,12,22H,2,4,8H2,1H3,(H,21,23). The Kier molecular flexibility index (Phi) is 4.38. The minimum absolute atomic E-state index is 0.148. The van der Waals surface area contributed by atoms with Crippen molar-refractivity contribution in [1.29, 1.82) is 0 Å². The Morgan fingerprint density at radius 1 is 1.25 bits per heavy atom. The van der Waals surface area contributed by atoms with Crippen LogP contribution in [-0.4, -0.2) is 24.2 Å². The van der Waals surface area contributed by atoms with Gasteiger partial charge >= 0.3 is 0 Å². The topological polar surface area (TPSA) is 58.6 Å². The number of halogens is 2. The molecule has 0 saturated carbocycles. The van der Waals surface area contributed by atoms with Crippen LogP contribution in [0.15, 0.2) is 30.3 Å². The van der Waals surface area contributed by atoms with E-state index in [2.05, 4.69) is 5.32 Å². The first-order valence-electron chi connectivity index (χ1n) is 7.63. The van der Waals surface area contributed by atoms with Crippen molar-refractivity contribution in [3.05, 3.63) is 58.7 Å². The zero-order valence-corrected chi connectivity index (χ0v) is 13.1. The van der Waals surface area contributed by atoms with E-state index in [1.54, 1.807) is 7.11 Å². The van der Waals surface area contributed by atoms with E-state index in [9.17, 15) is 18.7 Å². The largest absolute Gasteiger partial charge is 0.503 e. The molecule has 2 aromatic carbocycles. The Balaban J connectivity index is 1.73. The lowest BCUT2D eigenvalue weighted by atomic mass is 9.88. The fraction of sp³-hybridized carbons (Fsp3) is 0.278. The summed E-state index contributed by atoms with van der Waals surface area (Å²) >= 11 is 0. The van der Waals surface area contributed by atoms with Crippen molar-refractivity contribution < 1.29 is 23.4 Å². The van der Waals surface area contributed by atoms with Crippen LogP contribution in [-0.2, 0) is 12.8 Å². The van der Waals surface area contributed by atoms with E-state index in [4.69, 9.17) is 4.74 Å². The van der Waals surface area contributed by atoms with Crippen molar-refractivity contribution in [1.82, 2.24) is 5.32 Å². The van der Waals surface area contributed by atoms with Gasteiger partial charge in [-0.3, -0.25) is 4.79 Å². The van der Waals surface area contributed by atoms with Crippen molar-refractivity contribution in [3.8, 4) is 11.5 Å². The Bertz CT molecular complexity index is 792. The normalized spacial score (nSPS) is 16.4. The van der Waals surface area contributed by atoms with E-state index in [0.29, 0.717) is 12.8 Å². The Labute approximate surface area is 138 Å². The number of benzene rings is 2. The van der Waals surface area contributed by atoms with E-state index >= 15 is 0 Å². The lowest BCUT2D eigenvalue weighted by molar-refractivity contribution is 0.0928. The SMILES string of the molecule is COc1ccc2c(c1)CCC(NC(=O)c1ccc(F)c(O)c1F)C2. The highest BCUT2D eigenvalue weighted by atomic mass is 19.1. The molecule has 4 nitrogen and oxygen atoms in total. The van der Waals surface area contributed by atoms with E-state index in [-0.39, 0.29) is 11.6 Å². The van der Waals surface area contributed by atoms with Gasteiger partial charge in [0.2, 0.25) is 0 Å². The quantitative estimate of drug-likeness (QED) is 0.908. The number of aromatic hydroxyl groups is 1. The number of nitrogens with one attached hydrogen (secondary N) is 1. The van der Waals surface area contributed by atoms with E-state index in [0.717, 1.165) is 29.9 Å². The van der Waals surface area contributed by atoms with Gasteiger partial charge < -0.3 is 15.2 Å². The van der Waals surface area contributed by atoms with E-state index in [1.165, 1.54) is 5.56 Å². The molecule has 0 saturated heterocycles. The highest BCUT2D eigenvalue weighted by Gasteiger charge is 2.24. The maximum atomic E-state index is 13.8. The van der Waals surface area contributed by atoms with Gasteiger partial charge in [-0.05, 0) is 54.7 Å². The van der Waals surface area contributed by atoms with Gasteiger partial charge in [0.05, 0.1) is 12.7 Å². The maximum absolute atomic E-state index is 13.8. The molecule has 2 aromatic rings. The van der Waals surface area contributed by atoms with Gasteiger partial charge in [0.1, 0.15) is 5.75 Å². The zero-order valence-electron chi connectivity index (χ0n) is 13.1. The molecule has 0 heterocycles. The maximum Gasteiger partial charge on any atom is 0.254 e. The number of amides is 1. The van der Waals surface area contributed by atoms with Crippen LogP contribution in [0.4, 0.5) is 8.78 Å². The fourth-order valence-electron chi connectivity index (χ4n) is 2.96. The molecule has 0 bridgehead atoms. The molecule has 1 amide bonds. The second-order valence-corrected chi connectivity index (χ2v) is 5.81. The van der Waals surface area contributed by atoms with Gasteiger partial charge in [-0.2, -0.15) is 0 Å². The number of aryl methyl sites for hydroxylation is 1. The molecule has 0 radical (unpaired) electrons. The first-order valence-corrected chi connectivity index (χ1v) is 7.63. The predicted octanol–water partition coefficient (Wildman–Crippen LogP) is 2.97. The molecule has 126 valence electrons. The first kappa shape index (κ1) is 16.2. The van der Waals surface area contributed by atoms with Gasteiger partial charge in [0.15, 0.2) is 17.4 Å². The van der Waals surface area contributed by atoms with Crippen LogP contribution in [0.25, 0.3) is 0 Å². The van der Waals surface area contributed by atoms with E-state index in [1.807, 2.05) is 18.2 Å². The summed E-state index contributed by atoms with van der Waals surface area (Å²) in [6.45, 7) is 0. The van der Waals surface area contributed by atoms with Crippen LogP contribution in [0.3, 0.4) is 0 Å². The summed E-state index contributed by atoms with van der Waals surface area (Å²) in [5, 5.41) is 12.0. The van der Waals surface area contributed by atoms with Crippen LogP contribution in [0.1, 0.15) is 27.9 Å². The van der Waals surface area contributed by atoms with Crippen LogP contribution in [0.2, 0.25) is 0 Å². The third-order valence-corrected chi connectivity index (χ3v) is 4.29. The zero-order chi connectivity index (χ0) is 17.3. The second kappa shape index (κ2) is 6.47. The summed E-state index contributed by atoms with van der Waals surface area (Å²) in [7, 11) is 1.61. The van der Waals surface area contributed by atoms with Crippen molar-refractivity contribution in [2.24, 2.45) is 0 Å². The summed E-state index contributed by atoms with van der Waals surface area (Å²) in [4.78, 5) is 12.2. The second-order valence-electron chi connectivity index (χ2n) is 5.81. The van der Waals surface area contributed by atoms with Gasteiger partial charge in [-0.25, -0.2) is 8.78 Å². The van der Waals surface area contributed by atoms with Crippen molar-refractivity contribution in [3.63, 3.8) is 0 Å². The molecular weight excluding hydrogens is 316 g/mol. The monoisotopic (exact) mass is 333 g/mol. The molecular formula is C18H17F2NO3. The first-order chi connectivity index (χ1) is 11.5. The molecule has 0 aromatic heterocycles. The number of carbonyl (C=O) groups is 1. The predicted molar refractivity (Wildman–Crippen MR) is 84.3 cm³/mol. The van der Waals surface area contributed by atoms with Crippen molar-refractivity contribution in [2.75, 3.05) is 7.11 Å². The number of fused-ring (bicyclic) bond motifs is 1. The van der Waals surface area contributed by atoms with Crippen LogP contribution in [0, 0.1) is 11.6 Å². The average Bonchev–Trinajstić information content (AvgIpc) is 2.59. The Hall–Kier alpha value is -2.63. The lowest BCUT2D eigenvalue weighted by Gasteiger charge is -2.26. The van der Waals surface area contributed by atoms with Gasteiger partial charge in [-0.1, -0.05) is 6.07 Å². The highest BCUT2D eigenvalue weighted by Crippen LogP contribution is 2.27. The van der Waals surface area contributed by atoms with Gasteiger partial charge in [-0.15, -0.1) is 0 Å². The number of hydrogen-bond donors (Lipinski definition) is 2. The third kappa shape index (κ3) is 3.04. The van der Waals surface area contributed by atoms with Crippen molar-refractivity contribution >= 4 is 5.91 Å². The van der Waals surface area contributed by atoms with E-state index < -0.39 is 23.3 Å². The molecule has 6 heteroatoms. The molecule has 1 aliphatic carbocycles. The summed E-state index contributed by atoms with van der Waals surface area (Å²) in [5.74, 6) is -3.34. The minimum atomic E-state index is -1.24.